The number of hydrogen-bond acceptors (Lipinski definition) is 4. The van der Waals surface area contributed by atoms with Gasteiger partial charge in [-0.25, -0.2) is 0 Å². The van der Waals surface area contributed by atoms with Gasteiger partial charge in [0, 0.05) is 37.1 Å². The van der Waals surface area contributed by atoms with Crippen LogP contribution in [0.1, 0.15) is 22.3 Å². The van der Waals surface area contributed by atoms with Crippen molar-refractivity contribution >= 4 is 29.1 Å². The summed E-state index contributed by atoms with van der Waals surface area (Å²) in [5, 5.41) is 5.86. The summed E-state index contributed by atoms with van der Waals surface area (Å²) < 4.78 is 5.74. The number of rotatable bonds is 8. The van der Waals surface area contributed by atoms with Crippen LogP contribution in [-0.4, -0.2) is 23.3 Å². The van der Waals surface area contributed by atoms with Crippen LogP contribution in [0.25, 0.3) is 0 Å². The maximum Gasteiger partial charge on any atom is 0.252 e. The number of halogens is 1. The number of amides is 2. The quantitative estimate of drug-likeness (QED) is 0.587. The Morgan fingerprint density at radius 1 is 1.00 bits per heavy atom. The molecule has 7 heteroatoms. The van der Waals surface area contributed by atoms with Gasteiger partial charge in [0.2, 0.25) is 5.91 Å². The molecule has 0 radical (unpaired) electrons. The molecule has 148 valence electrons. The first-order chi connectivity index (χ1) is 14.1. The minimum Gasteiger partial charge on any atom is -0.489 e. The van der Waals surface area contributed by atoms with Gasteiger partial charge >= 0.3 is 0 Å². The molecule has 2 aromatic carbocycles. The van der Waals surface area contributed by atoms with E-state index in [1.165, 1.54) is 0 Å². The van der Waals surface area contributed by atoms with Crippen molar-refractivity contribution in [1.82, 2.24) is 10.3 Å². The third kappa shape index (κ3) is 6.33. The molecule has 3 aromatic rings. The summed E-state index contributed by atoms with van der Waals surface area (Å²) in [5.74, 6) is 0.122. The Morgan fingerprint density at radius 2 is 1.79 bits per heavy atom. The monoisotopic (exact) mass is 409 g/mol. The lowest BCUT2D eigenvalue weighted by atomic mass is 10.2. The smallest absolute Gasteiger partial charge is 0.252 e. The summed E-state index contributed by atoms with van der Waals surface area (Å²) in [5.41, 5.74) is 2.01. The summed E-state index contributed by atoms with van der Waals surface area (Å²) in [6.07, 6.45) is 3.55. The second-order valence-corrected chi connectivity index (χ2v) is 6.61. The SMILES string of the molecule is O=C(CCNC(=O)c1ccccc1Cl)Nc1cccc(OCc2ccncc2)c1. The summed E-state index contributed by atoms with van der Waals surface area (Å²) >= 11 is 5.99. The van der Waals surface area contributed by atoms with Gasteiger partial charge in [0.25, 0.3) is 5.91 Å². The maximum absolute atomic E-state index is 12.2. The van der Waals surface area contributed by atoms with Crippen molar-refractivity contribution in [3.63, 3.8) is 0 Å². The van der Waals surface area contributed by atoms with Gasteiger partial charge in [0.1, 0.15) is 12.4 Å². The van der Waals surface area contributed by atoms with E-state index >= 15 is 0 Å². The Labute approximate surface area is 173 Å². The van der Waals surface area contributed by atoms with E-state index in [9.17, 15) is 9.59 Å². The van der Waals surface area contributed by atoms with Gasteiger partial charge in [-0.1, -0.05) is 29.8 Å². The van der Waals surface area contributed by atoms with Crippen LogP contribution in [0.4, 0.5) is 5.69 Å². The predicted molar refractivity (Wildman–Crippen MR) is 112 cm³/mol. The molecule has 2 amide bonds. The molecule has 0 fully saturated rings. The van der Waals surface area contributed by atoms with Crippen molar-refractivity contribution in [2.75, 3.05) is 11.9 Å². The number of aromatic nitrogens is 1. The number of hydrogen-bond donors (Lipinski definition) is 2. The van der Waals surface area contributed by atoms with E-state index < -0.39 is 0 Å². The highest BCUT2D eigenvalue weighted by Crippen LogP contribution is 2.19. The third-order valence-electron chi connectivity index (χ3n) is 4.03. The Kier molecular flexibility index (Phi) is 7.19. The minimum absolute atomic E-state index is 0.137. The fourth-order valence-corrected chi connectivity index (χ4v) is 2.78. The van der Waals surface area contributed by atoms with Crippen LogP contribution in [0.5, 0.6) is 5.75 Å². The predicted octanol–water partition coefficient (Wildman–Crippen LogP) is 4.07. The molecule has 3 rings (SSSR count). The Balaban J connectivity index is 1.45. The first-order valence-electron chi connectivity index (χ1n) is 9.06. The van der Waals surface area contributed by atoms with Gasteiger partial charge in [0.05, 0.1) is 10.6 Å². The number of carbonyl (C=O) groups excluding carboxylic acids is 2. The molecule has 6 nitrogen and oxygen atoms in total. The summed E-state index contributed by atoms with van der Waals surface area (Å²) in [6, 6.07) is 17.7. The molecule has 29 heavy (non-hydrogen) atoms. The minimum atomic E-state index is -0.310. The molecule has 0 bridgehead atoms. The van der Waals surface area contributed by atoms with E-state index in [0.717, 1.165) is 5.56 Å². The third-order valence-corrected chi connectivity index (χ3v) is 4.36. The molecule has 1 heterocycles. The average Bonchev–Trinajstić information content (AvgIpc) is 2.73. The first-order valence-corrected chi connectivity index (χ1v) is 9.44. The molecular formula is C22H20ClN3O3. The van der Waals surface area contributed by atoms with Crippen molar-refractivity contribution in [1.29, 1.82) is 0 Å². The van der Waals surface area contributed by atoms with Crippen molar-refractivity contribution in [2.24, 2.45) is 0 Å². The number of pyridine rings is 1. The van der Waals surface area contributed by atoms with Crippen LogP contribution in [0, 0.1) is 0 Å². The van der Waals surface area contributed by atoms with Crippen molar-refractivity contribution in [2.45, 2.75) is 13.0 Å². The molecule has 2 N–H and O–H groups in total. The van der Waals surface area contributed by atoms with Crippen LogP contribution in [-0.2, 0) is 11.4 Å². The number of ether oxygens (including phenoxy) is 1. The Bertz CT molecular complexity index is 980. The maximum atomic E-state index is 12.2. The number of anilines is 1. The van der Waals surface area contributed by atoms with E-state index in [1.54, 1.807) is 54.9 Å². The van der Waals surface area contributed by atoms with Crippen LogP contribution < -0.4 is 15.4 Å². The molecular weight excluding hydrogens is 390 g/mol. The van der Waals surface area contributed by atoms with Crippen molar-refractivity contribution in [3.8, 4) is 5.75 Å². The van der Waals surface area contributed by atoms with Crippen LogP contribution in [0.15, 0.2) is 73.1 Å². The zero-order valence-corrected chi connectivity index (χ0v) is 16.4. The zero-order chi connectivity index (χ0) is 20.5. The molecule has 1 aromatic heterocycles. The van der Waals surface area contributed by atoms with Gasteiger partial charge < -0.3 is 15.4 Å². The van der Waals surface area contributed by atoms with Gasteiger partial charge in [-0.2, -0.15) is 0 Å². The standard InChI is InChI=1S/C22H20ClN3O3/c23-20-7-2-1-6-19(20)22(28)25-13-10-21(27)26-17-4-3-5-18(14-17)29-15-16-8-11-24-12-9-16/h1-9,11-12,14H,10,13,15H2,(H,25,28)(H,26,27). The second-order valence-electron chi connectivity index (χ2n) is 6.21. The van der Waals surface area contributed by atoms with E-state index in [-0.39, 0.29) is 24.8 Å². The summed E-state index contributed by atoms with van der Waals surface area (Å²) in [6.45, 7) is 0.613. The normalized spacial score (nSPS) is 10.2. The Morgan fingerprint density at radius 3 is 2.59 bits per heavy atom. The van der Waals surface area contributed by atoms with E-state index in [0.29, 0.717) is 28.6 Å². The van der Waals surface area contributed by atoms with Crippen LogP contribution in [0.3, 0.4) is 0 Å². The number of carbonyl (C=O) groups is 2. The van der Waals surface area contributed by atoms with Gasteiger partial charge in [-0.3, -0.25) is 14.6 Å². The zero-order valence-electron chi connectivity index (χ0n) is 15.6. The van der Waals surface area contributed by atoms with Crippen molar-refractivity contribution in [3.05, 3.63) is 89.2 Å². The van der Waals surface area contributed by atoms with Gasteiger partial charge in [-0.05, 0) is 42.0 Å². The molecule has 0 saturated carbocycles. The largest absolute Gasteiger partial charge is 0.489 e. The average molecular weight is 410 g/mol. The van der Waals surface area contributed by atoms with Crippen molar-refractivity contribution < 1.29 is 14.3 Å². The lowest BCUT2D eigenvalue weighted by molar-refractivity contribution is -0.116. The van der Waals surface area contributed by atoms with Gasteiger partial charge in [-0.15, -0.1) is 0 Å². The molecule has 0 unspecified atom stereocenters. The van der Waals surface area contributed by atoms with E-state index in [2.05, 4.69) is 15.6 Å². The van der Waals surface area contributed by atoms with Crippen LogP contribution >= 0.6 is 11.6 Å². The highest BCUT2D eigenvalue weighted by molar-refractivity contribution is 6.33. The molecule has 0 aliphatic carbocycles. The molecule has 0 atom stereocenters. The van der Waals surface area contributed by atoms with Crippen LogP contribution in [0.2, 0.25) is 5.02 Å². The Hall–Kier alpha value is -3.38. The number of benzene rings is 2. The lowest BCUT2D eigenvalue weighted by Crippen LogP contribution is -2.27. The lowest BCUT2D eigenvalue weighted by Gasteiger charge is -2.10. The first kappa shape index (κ1) is 20.4. The summed E-state index contributed by atoms with van der Waals surface area (Å²) in [7, 11) is 0. The van der Waals surface area contributed by atoms with Gasteiger partial charge in [0.15, 0.2) is 0 Å². The summed E-state index contributed by atoms with van der Waals surface area (Å²) in [4.78, 5) is 28.2. The second kappa shape index (κ2) is 10.2. The fourth-order valence-electron chi connectivity index (χ4n) is 2.56. The molecule has 0 spiro atoms. The molecule has 0 aliphatic rings. The number of nitrogens with one attached hydrogen (secondary N) is 2. The fraction of sp³-hybridized carbons (Fsp3) is 0.136. The molecule has 0 aliphatic heterocycles. The number of nitrogens with zero attached hydrogens (tertiary/aromatic N) is 1. The van der Waals surface area contributed by atoms with E-state index in [4.69, 9.17) is 16.3 Å². The molecule has 0 saturated heterocycles. The topological polar surface area (TPSA) is 80.3 Å². The highest BCUT2D eigenvalue weighted by atomic mass is 35.5. The highest BCUT2D eigenvalue weighted by Gasteiger charge is 2.10. The van der Waals surface area contributed by atoms with E-state index in [1.807, 2.05) is 18.2 Å².